The zero-order valence-electron chi connectivity index (χ0n) is 13.1. The van der Waals surface area contributed by atoms with Gasteiger partial charge in [0.25, 0.3) is 0 Å². The number of benzene rings is 1. The molecule has 0 amide bonds. The molecular weight excluding hydrogens is 272 g/mol. The first-order valence-electron chi connectivity index (χ1n) is 7.96. The van der Waals surface area contributed by atoms with E-state index < -0.39 is 0 Å². The van der Waals surface area contributed by atoms with Crippen LogP contribution in [-0.2, 0) is 6.54 Å². The smallest absolute Gasteiger partial charge is 0.149 e. The van der Waals surface area contributed by atoms with E-state index in [4.69, 9.17) is 5.73 Å². The van der Waals surface area contributed by atoms with Crippen molar-refractivity contribution in [3.8, 4) is 0 Å². The summed E-state index contributed by atoms with van der Waals surface area (Å²) >= 11 is 0. The fourth-order valence-electron chi connectivity index (χ4n) is 2.95. The van der Waals surface area contributed by atoms with Gasteiger partial charge in [-0.05, 0) is 37.5 Å². The van der Waals surface area contributed by atoms with Crippen LogP contribution in [0.1, 0.15) is 24.1 Å². The first-order chi connectivity index (χ1) is 10.7. The number of nitrogens with zero attached hydrogens (tertiary/aromatic N) is 2. The van der Waals surface area contributed by atoms with Crippen LogP contribution in [0.4, 0.5) is 11.5 Å². The summed E-state index contributed by atoms with van der Waals surface area (Å²) in [6, 6.07) is 15.0. The zero-order chi connectivity index (χ0) is 15.4. The predicted molar refractivity (Wildman–Crippen MR) is 91.8 cm³/mol. The molecule has 0 aliphatic carbocycles. The molecule has 1 fully saturated rings. The summed E-state index contributed by atoms with van der Waals surface area (Å²) in [6.07, 6.45) is 2.25. The van der Waals surface area contributed by atoms with Crippen molar-refractivity contribution in [2.75, 3.05) is 24.1 Å². The van der Waals surface area contributed by atoms with E-state index in [0.717, 1.165) is 49.7 Å². The van der Waals surface area contributed by atoms with Gasteiger partial charge in [0.2, 0.25) is 0 Å². The number of anilines is 2. The summed E-state index contributed by atoms with van der Waals surface area (Å²) in [5.41, 5.74) is 9.12. The molecule has 0 spiro atoms. The second kappa shape index (κ2) is 6.79. The third-order valence-electron chi connectivity index (χ3n) is 4.24. The zero-order valence-corrected chi connectivity index (χ0v) is 13.1. The molecule has 22 heavy (non-hydrogen) atoms. The highest BCUT2D eigenvalue weighted by molar-refractivity contribution is 5.61. The maximum atomic E-state index is 6.00. The van der Waals surface area contributed by atoms with Gasteiger partial charge in [0.15, 0.2) is 0 Å². The molecule has 1 aliphatic rings. The molecular formula is C18H24N4. The first-order valence-corrected chi connectivity index (χ1v) is 7.96. The van der Waals surface area contributed by atoms with Crippen molar-refractivity contribution in [3.63, 3.8) is 0 Å². The molecule has 4 nitrogen and oxygen atoms in total. The van der Waals surface area contributed by atoms with Crippen molar-refractivity contribution in [2.24, 2.45) is 0 Å². The number of nitrogens with two attached hydrogens (primary N) is 1. The van der Waals surface area contributed by atoms with E-state index in [1.165, 1.54) is 5.56 Å². The molecule has 2 aromatic rings. The number of likely N-dealkylation sites (tertiary alicyclic amines) is 1. The van der Waals surface area contributed by atoms with Gasteiger partial charge < -0.3 is 11.1 Å². The molecule has 3 N–H and O–H groups in total. The Bertz CT molecular complexity index is 604. The lowest BCUT2D eigenvalue weighted by molar-refractivity contribution is 0.211. The Labute approximate surface area is 132 Å². The quantitative estimate of drug-likeness (QED) is 0.910. The molecule has 1 saturated heterocycles. The number of hydrogen-bond donors (Lipinski definition) is 2. The Morgan fingerprint density at radius 1 is 1.14 bits per heavy atom. The Hall–Kier alpha value is -2.07. The summed E-state index contributed by atoms with van der Waals surface area (Å²) in [5, 5.41) is 3.51. The van der Waals surface area contributed by atoms with E-state index in [1.54, 1.807) is 0 Å². The van der Waals surface area contributed by atoms with Gasteiger partial charge in [-0.2, -0.15) is 0 Å². The largest absolute Gasteiger partial charge is 0.396 e. The van der Waals surface area contributed by atoms with E-state index in [2.05, 4.69) is 45.5 Å². The minimum absolute atomic E-state index is 0.462. The van der Waals surface area contributed by atoms with Crippen molar-refractivity contribution in [1.29, 1.82) is 0 Å². The Morgan fingerprint density at radius 2 is 1.86 bits per heavy atom. The summed E-state index contributed by atoms with van der Waals surface area (Å²) < 4.78 is 0. The van der Waals surface area contributed by atoms with Gasteiger partial charge >= 0.3 is 0 Å². The van der Waals surface area contributed by atoms with Crippen LogP contribution in [0.25, 0.3) is 0 Å². The van der Waals surface area contributed by atoms with Crippen LogP contribution >= 0.6 is 0 Å². The van der Waals surface area contributed by atoms with Crippen molar-refractivity contribution in [2.45, 2.75) is 32.4 Å². The van der Waals surface area contributed by atoms with Gasteiger partial charge in [-0.3, -0.25) is 4.90 Å². The monoisotopic (exact) mass is 296 g/mol. The molecule has 1 aromatic carbocycles. The van der Waals surface area contributed by atoms with Crippen LogP contribution in [0.3, 0.4) is 0 Å². The van der Waals surface area contributed by atoms with Gasteiger partial charge in [0, 0.05) is 31.4 Å². The fourth-order valence-corrected chi connectivity index (χ4v) is 2.95. The van der Waals surface area contributed by atoms with E-state index in [1.807, 2.05) is 19.1 Å². The molecule has 0 unspecified atom stereocenters. The molecule has 2 heterocycles. The Balaban J connectivity index is 1.52. The summed E-state index contributed by atoms with van der Waals surface area (Å²) in [5.74, 6) is 0.835. The number of nitrogen functional groups attached to an aromatic ring is 1. The number of pyridine rings is 1. The topological polar surface area (TPSA) is 54.2 Å². The number of piperidine rings is 1. The lowest BCUT2D eigenvalue weighted by Gasteiger charge is -2.32. The van der Waals surface area contributed by atoms with Crippen molar-refractivity contribution >= 4 is 11.5 Å². The molecule has 1 aliphatic heterocycles. The van der Waals surface area contributed by atoms with Gasteiger partial charge in [0.05, 0.1) is 5.69 Å². The summed E-state index contributed by atoms with van der Waals surface area (Å²) in [4.78, 5) is 7.02. The van der Waals surface area contributed by atoms with Crippen LogP contribution in [-0.4, -0.2) is 29.0 Å². The minimum atomic E-state index is 0.462. The highest BCUT2D eigenvalue weighted by Crippen LogP contribution is 2.21. The number of hydrogen-bond acceptors (Lipinski definition) is 4. The van der Waals surface area contributed by atoms with E-state index >= 15 is 0 Å². The van der Waals surface area contributed by atoms with Crippen LogP contribution < -0.4 is 11.1 Å². The van der Waals surface area contributed by atoms with Crippen LogP contribution in [0.5, 0.6) is 0 Å². The summed E-state index contributed by atoms with van der Waals surface area (Å²) in [6.45, 7) is 5.25. The van der Waals surface area contributed by atoms with Gasteiger partial charge in [-0.25, -0.2) is 4.98 Å². The summed E-state index contributed by atoms with van der Waals surface area (Å²) in [7, 11) is 0. The van der Waals surface area contributed by atoms with Crippen LogP contribution in [0.15, 0.2) is 42.5 Å². The Kier molecular flexibility index (Phi) is 4.59. The van der Waals surface area contributed by atoms with Crippen LogP contribution in [0, 0.1) is 6.92 Å². The second-order valence-electron chi connectivity index (χ2n) is 6.07. The Morgan fingerprint density at radius 3 is 2.59 bits per heavy atom. The van der Waals surface area contributed by atoms with Crippen molar-refractivity contribution in [3.05, 3.63) is 53.7 Å². The highest BCUT2D eigenvalue weighted by atomic mass is 15.1. The molecule has 0 radical (unpaired) electrons. The maximum Gasteiger partial charge on any atom is 0.149 e. The average Bonchev–Trinajstić information content (AvgIpc) is 2.54. The first kappa shape index (κ1) is 14.9. The molecule has 0 atom stereocenters. The number of aromatic nitrogens is 1. The minimum Gasteiger partial charge on any atom is -0.396 e. The molecule has 0 bridgehead atoms. The average molecular weight is 296 g/mol. The van der Waals surface area contributed by atoms with Crippen LogP contribution in [0.2, 0.25) is 0 Å². The van der Waals surface area contributed by atoms with Crippen molar-refractivity contribution in [1.82, 2.24) is 9.88 Å². The second-order valence-corrected chi connectivity index (χ2v) is 6.07. The molecule has 116 valence electrons. The number of nitrogens with one attached hydrogen (secondary N) is 1. The molecule has 0 saturated carbocycles. The normalized spacial score (nSPS) is 16.6. The third-order valence-corrected chi connectivity index (χ3v) is 4.24. The highest BCUT2D eigenvalue weighted by Gasteiger charge is 2.20. The SMILES string of the molecule is Cc1ccc(N)c(NC2CCN(Cc3ccccc3)CC2)n1. The third kappa shape index (κ3) is 3.77. The molecule has 1 aromatic heterocycles. The molecule has 4 heteroatoms. The lowest BCUT2D eigenvalue weighted by Crippen LogP contribution is -2.38. The molecule has 3 rings (SSSR count). The van der Waals surface area contributed by atoms with Crippen molar-refractivity contribution < 1.29 is 0 Å². The lowest BCUT2D eigenvalue weighted by atomic mass is 10.0. The predicted octanol–water partition coefficient (Wildman–Crippen LogP) is 3.05. The fraction of sp³-hybridized carbons (Fsp3) is 0.389. The standard InChI is InChI=1S/C18H24N4/c1-14-7-8-17(19)18(20-14)21-16-9-11-22(12-10-16)13-15-5-3-2-4-6-15/h2-8,16H,9-13,19H2,1H3,(H,20,21). The maximum absolute atomic E-state index is 6.00. The van der Waals surface area contributed by atoms with Gasteiger partial charge in [0.1, 0.15) is 5.82 Å². The van der Waals surface area contributed by atoms with E-state index in [0.29, 0.717) is 6.04 Å². The van der Waals surface area contributed by atoms with Gasteiger partial charge in [-0.1, -0.05) is 30.3 Å². The number of rotatable bonds is 4. The van der Waals surface area contributed by atoms with Gasteiger partial charge in [-0.15, -0.1) is 0 Å². The number of aryl methyl sites for hydroxylation is 1. The van der Waals surface area contributed by atoms with E-state index in [9.17, 15) is 0 Å². The van der Waals surface area contributed by atoms with E-state index in [-0.39, 0.29) is 0 Å².